The maximum atomic E-state index is 13.4. The highest BCUT2D eigenvalue weighted by atomic mass is 19.2. The monoisotopic (exact) mass is 359 g/mol. The summed E-state index contributed by atoms with van der Waals surface area (Å²) in [4.78, 5) is 16.3. The number of urea groups is 1. The van der Waals surface area contributed by atoms with E-state index in [1.54, 1.807) is 11.0 Å². The second-order valence-electron chi connectivity index (χ2n) is 6.47. The van der Waals surface area contributed by atoms with Crippen LogP contribution in [0.15, 0.2) is 36.4 Å². The predicted molar refractivity (Wildman–Crippen MR) is 99.7 cm³/mol. The first-order valence-corrected chi connectivity index (χ1v) is 8.84. The maximum Gasteiger partial charge on any atom is 0.321 e. The Labute approximate surface area is 152 Å². The van der Waals surface area contributed by atoms with Crippen LogP contribution in [0.5, 0.6) is 0 Å². The Balaban J connectivity index is 1.63. The van der Waals surface area contributed by atoms with E-state index in [1.807, 2.05) is 30.0 Å². The molecule has 0 spiro atoms. The van der Waals surface area contributed by atoms with E-state index in [0.717, 1.165) is 29.3 Å². The van der Waals surface area contributed by atoms with Crippen molar-refractivity contribution in [3.8, 4) is 0 Å². The SMILES string of the molecule is CCc1cccc(C)c1NC(=O)N1CCN(c2ccc(F)c(F)c2)CC1. The lowest BCUT2D eigenvalue weighted by Crippen LogP contribution is -2.50. The van der Waals surface area contributed by atoms with Gasteiger partial charge in [-0.05, 0) is 36.6 Å². The summed E-state index contributed by atoms with van der Waals surface area (Å²) >= 11 is 0. The molecule has 2 amide bonds. The highest BCUT2D eigenvalue weighted by Crippen LogP contribution is 2.23. The van der Waals surface area contributed by atoms with Gasteiger partial charge in [-0.15, -0.1) is 0 Å². The molecule has 0 atom stereocenters. The van der Waals surface area contributed by atoms with Gasteiger partial charge in [0, 0.05) is 43.6 Å². The molecule has 2 aromatic rings. The number of halogens is 2. The zero-order valence-electron chi connectivity index (χ0n) is 15.1. The summed E-state index contributed by atoms with van der Waals surface area (Å²) in [5.41, 5.74) is 3.66. The first kappa shape index (κ1) is 18.2. The van der Waals surface area contributed by atoms with Crippen molar-refractivity contribution in [2.24, 2.45) is 0 Å². The number of anilines is 2. The Morgan fingerprint density at radius 2 is 1.81 bits per heavy atom. The van der Waals surface area contributed by atoms with Gasteiger partial charge < -0.3 is 15.1 Å². The number of hydrogen-bond acceptors (Lipinski definition) is 2. The summed E-state index contributed by atoms with van der Waals surface area (Å²) < 4.78 is 26.5. The van der Waals surface area contributed by atoms with Crippen LogP contribution in [0.2, 0.25) is 0 Å². The molecule has 4 nitrogen and oxygen atoms in total. The zero-order chi connectivity index (χ0) is 18.7. The number of piperazine rings is 1. The summed E-state index contributed by atoms with van der Waals surface area (Å²) in [7, 11) is 0. The van der Waals surface area contributed by atoms with E-state index in [4.69, 9.17) is 0 Å². The molecule has 6 heteroatoms. The van der Waals surface area contributed by atoms with Crippen LogP contribution in [0.3, 0.4) is 0 Å². The highest BCUT2D eigenvalue weighted by molar-refractivity contribution is 5.91. The molecule has 1 heterocycles. The van der Waals surface area contributed by atoms with Gasteiger partial charge in [0.1, 0.15) is 0 Å². The number of nitrogens with one attached hydrogen (secondary N) is 1. The minimum Gasteiger partial charge on any atom is -0.368 e. The topological polar surface area (TPSA) is 35.6 Å². The van der Waals surface area contributed by atoms with E-state index >= 15 is 0 Å². The third kappa shape index (κ3) is 3.79. The molecular weight excluding hydrogens is 336 g/mol. The third-order valence-electron chi connectivity index (χ3n) is 4.81. The second-order valence-corrected chi connectivity index (χ2v) is 6.47. The Bertz CT molecular complexity index is 802. The van der Waals surface area contributed by atoms with Crippen molar-refractivity contribution in [3.05, 3.63) is 59.2 Å². The summed E-state index contributed by atoms with van der Waals surface area (Å²) in [5.74, 6) is -1.70. The fraction of sp³-hybridized carbons (Fsp3) is 0.350. The van der Waals surface area contributed by atoms with Crippen LogP contribution >= 0.6 is 0 Å². The lowest BCUT2D eigenvalue weighted by atomic mass is 10.1. The van der Waals surface area contributed by atoms with Crippen LogP contribution in [0.25, 0.3) is 0 Å². The van der Waals surface area contributed by atoms with E-state index in [-0.39, 0.29) is 6.03 Å². The Kier molecular flexibility index (Phi) is 5.40. The molecule has 0 aliphatic carbocycles. The zero-order valence-corrected chi connectivity index (χ0v) is 15.1. The Morgan fingerprint density at radius 1 is 1.08 bits per heavy atom. The van der Waals surface area contributed by atoms with Gasteiger partial charge in [0.05, 0.1) is 0 Å². The van der Waals surface area contributed by atoms with Crippen LogP contribution in [0.1, 0.15) is 18.1 Å². The molecule has 1 aliphatic heterocycles. The fourth-order valence-corrected chi connectivity index (χ4v) is 3.24. The van der Waals surface area contributed by atoms with Crippen LogP contribution in [-0.4, -0.2) is 37.1 Å². The molecule has 3 rings (SSSR count). The Hall–Kier alpha value is -2.63. The van der Waals surface area contributed by atoms with Crippen molar-refractivity contribution in [3.63, 3.8) is 0 Å². The molecule has 2 aromatic carbocycles. The van der Waals surface area contributed by atoms with Crippen LogP contribution in [0, 0.1) is 18.6 Å². The standard InChI is InChI=1S/C20H23F2N3O/c1-3-15-6-4-5-14(2)19(15)23-20(26)25-11-9-24(10-12-25)16-7-8-17(21)18(22)13-16/h4-8,13H,3,9-12H2,1-2H3,(H,23,26). The van der Waals surface area contributed by atoms with Gasteiger partial charge in [-0.3, -0.25) is 0 Å². The number of nitrogens with zero attached hydrogens (tertiary/aromatic N) is 2. The molecule has 1 fully saturated rings. The average molecular weight is 359 g/mol. The summed E-state index contributed by atoms with van der Waals surface area (Å²) in [5, 5.41) is 3.03. The van der Waals surface area contributed by atoms with Crippen molar-refractivity contribution < 1.29 is 13.6 Å². The van der Waals surface area contributed by atoms with Gasteiger partial charge in [0.2, 0.25) is 0 Å². The number of para-hydroxylation sites is 1. The van der Waals surface area contributed by atoms with Crippen molar-refractivity contribution >= 4 is 17.4 Å². The van der Waals surface area contributed by atoms with Crippen LogP contribution < -0.4 is 10.2 Å². The van der Waals surface area contributed by atoms with Crippen LogP contribution in [0.4, 0.5) is 25.0 Å². The first-order valence-electron chi connectivity index (χ1n) is 8.84. The third-order valence-corrected chi connectivity index (χ3v) is 4.81. The van der Waals surface area contributed by atoms with E-state index in [0.29, 0.717) is 31.9 Å². The van der Waals surface area contributed by atoms with Gasteiger partial charge >= 0.3 is 6.03 Å². The molecular formula is C20H23F2N3O. The number of carbonyl (C=O) groups excluding carboxylic acids is 1. The Morgan fingerprint density at radius 3 is 2.46 bits per heavy atom. The number of aryl methyl sites for hydroxylation is 2. The lowest BCUT2D eigenvalue weighted by molar-refractivity contribution is 0.208. The maximum absolute atomic E-state index is 13.4. The van der Waals surface area contributed by atoms with Gasteiger partial charge in [0.15, 0.2) is 11.6 Å². The molecule has 26 heavy (non-hydrogen) atoms. The van der Waals surface area contributed by atoms with E-state index in [2.05, 4.69) is 12.2 Å². The van der Waals surface area contributed by atoms with Gasteiger partial charge in [0.25, 0.3) is 0 Å². The molecule has 0 bridgehead atoms. The van der Waals surface area contributed by atoms with Gasteiger partial charge in [-0.1, -0.05) is 25.1 Å². The van der Waals surface area contributed by atoms with Crippen LogP contribution in [-0.2, 0) is 6.42 Å². The summed E-state index contributed by atoms with van der Waals surface area (Å²) in [6.45, 7) is 6.25. The number of benzene rings is 2. The van der Waals surface area contributed by atoms with Crippen molar-refractivity contribution in [1.29, 1.82) is 0 Å². The van der Waals surface area contributed by atoms with E-state index in [9.17, 15) is 13.6 Å². The number of amides is 2. The first-order chi connectivity index (χ1) is 12.5. The smallest absolute Gasteiger partial charge is 0.321 e. The second kappa shape index (κ2) is 7.72. The number of hydrogen-bond donors (Lipinski definition) is 1. The normalized spacial score (nSPS) is 14.5. The molecule has 1 N–H and O–H groups in total. The number of rotatable bonds is 3. The van der Waals surface area contributed by atoms with E-state index in [1.165, 1.54) is 6.07 Å². The molecule has 138 valence electrons. The van der Waals surface area contributed by atoms with Crippen molar-refractivity contribution in [2.45, 2.75) is 20.3 Å². The highest BCUT2D eigenvalue weighted by Gasteiger charge is 2.22. The largest absolute Gasteiger partial charge is 0.368 e. The molecule has 0 radical (unpaired) electrons. The quantitative estimate of drug-likeness (QED) is 0.892. The summed E-state index contributed by atoms with van der Waals surface area (Å²) in [6.07, 6.45) is 0.848. The van der Waals surface area contributed by atoms with Crippen molar-refractivity contribution in [1.82, 2.24) is 4.90 Å². The molecule has 1 saturated heterocycles. The molecule has 0 unspecified atom stereocenters. The van der Waals surface area contributed by atoms with Crippen molar-refractivity contribution in [2.75, 3.05) is 36.4 Å². The number of carbonyl (C=O) groups is 1. The molecule has 1 aliphatic rings. The summed E-state index contributed by atoms with van der Waals surface area (Å²) in [6, 6.07) is 9.76. The van der Waals surface area contributed by atoms with Gasteiger partial charge in [-0.25, -0.2) is 13.6 Å². The average Bonchev–Trinajstić information content (AvgIpc) is 2.65. The van der Waals surface area contributed by atoms with E-state index < -0.39 is 11.6 Å². The minimum atomic E-state index is -0.852. The lowest BCUT2D eigenvalue weighted by Gasteiger charge is -2.36. The molecule has 0 aromatic heterocycles. The fourth-order valence-electron chi connectivity index (χ4n) is 3.24. The predicted octanol–water partition coefficient (Wildman–Crippen LogP) is 4.19. The van der Waals surface area contributed by atoms with Gasteiger partial charge in [-0.2, -0.15) is 0 Å². The molecule has 0 saturated carbocycles. The minimum absolute atomic E-state index is 0.126.